The molecular weight excluding hydrogens is 496 g/mol. The molecule has 2 aromatic carbocycles. The van der Waals surface area contributed by atoms with Crippen molar-refractivity contribution in [2.75, 3.05) is 31.1 Å². The standard InChI is InChI=1S/C30H35ClN6O/c1-4-22-10-12-23(13-11-22)30(38)36-16-6-15-35(17-18-36)28-26-20-32-37(25-8-5-7-24(31)19-25)29(26)34-27(33-28)14-9-21(2)3/h5,7-8,10-13,19-21H,4,6,9,14-18H2,1-3H3. The Morgan fingerprint density at radius 1 is 1.03 bits per heavy atom. The Balaban J connectivity index is 1.44. The zero-order chi connectivity index (χ0) is 26.6. The van der Waals surface area contributed by atoms with Crippen LogP contribution in [0.15, 0.2) is 54.7 Å². The SMILES string of the molecule is CCc1ccc(C(=O)N2CCCN(c3nc(CCC(C)C)nc4c3cnn4-c3cccc(Cl)c3)CC2)cc1. The van der Waals surface area contributed by atoms with Gasteiger partial charge in [-0.3, -0.25) is 4.79 Å². The molecular formula is C30H35ClN6O. The molecule has 0 bridgehead atoms. The van der Waals surface area contributed by atoms with Crippen LogP contribution in [0.3, 0.4) is 0 Å². The van der Waals surface area contributed by atoms with Crippen LogP contribution < -0.4 is 4.90 Å². The molecule has 4 aromatic rings. The lowest BCUT2D eigenvalue weighted by Crippen LogP contribution is -2.35. The van der Waals surface area contributed by atoms with Gasteiger partial charge in [-0.15, -0.1) is 0 Å². The molecule has 8 heteroatoms. The van der Waals surface area contributed by atoms with E-state index in [0.717, 1.165) is 72.7 Å². The van der Waals surface area contributed by atoms with E-state index in [1.54, 1.807) is 0 Å². The van der Waals surface area contributed by atoms with Crippen LogP contribution in [0.2, 0.25) is 5.02 Å². The first-order chi connectivity index (χ1) is 18.4. The number of carbonyl (C=O) groups is 1. The Bertz CT molecular complexity index is 1410. The summed E-state index contributed by atoms with van der Waals surface area (Å²) in [5, 5.41) is 6.25. The second-order valence-electron chi connectivity index (χ2n) is 10.4. The molecule has 0 unspecified atom stereocenters. The van der Waals surface area contributed by atoms with Crippen molar-refractivity contribution < 1.29 is 4.79 Å². The van der Waals surface area contributed by atoms with E-state index >= 15 is 0 Å². The number of aromatic nitrogens is 4. The van der Waals surface area contributed by atoms with Gasteiger partial charge in [-0.05, 0) is 61.1 Å². The summed E-state index contributed by atoms with van der Waals surface area (Å²) in [6.07, 6.45) is 5.49. The number of amides is 1. The molecule has 1 fully saturated rings. The fraction of sp³-hybridized carbons (Fsp3) is 0.400. The fourth-order valence-electron chi connectivity index (χ4n) is 4.90. The van der Waals surface area contributed by atoms with Crippen LogP contribution in [-0.2, 0) is 12.8 Å². The number of benzene rings is 2. The van der Waals surface area contributed by atoms with Crippen molar-refractivity contribution in [3.63, 3.8) is 0 Å². The van der Waals surface area contributed by atoms with Gasteiger partial charge in [0.2, 0.25) is 0 Å². The molecule has 1 aliphatic heterocycles. The van der Waals surface area contributed by atoms with Crippen molar-refractivity contribution in [3.8, 4) is 5.69 Å². The Kier molecular flexibility index (Phi) is 7.93. The second-order valence-corrected chi connectivity index (χ2v) is 10.8. The molecule has 0 spiro atoms. The third-order valence-corrected chi connectivity index (χ3v) is 7.38. The summed E-state index contributed by atoms with van der Waals surface area (Å²) in [6, 6.07) is 15.6. The third kappa shape index (κ3) is 5.68. The van der Waals surface area contributed by atoms with E-state index in [2.05, 4.69) is 30.8 Å². The minimum absolute atomic E-state index is 0.0914. The van der Waals surface area contributed by atoms with Crippen molar-refractivity contribution in [1.29, 1.82) is 0 Å². The summed E-state index contributed by atoms with van der Waals surface area (Å²) in [5.41, 5.74) is 3.64. The van der Waals surface area contributed by atoms with Crippen molar-refractivity contribution >= 4 is 34.4 Å². The van der Waals surface area contributed by atoms with Crippen LogP contribution in [0, 0.1) is 5.92 Å². The highest BCUT2D eigenvalue weighted by Crippen LogP contribution is 2.28. The van der Waals surface area contributed by atoms with Gasteiger partial charge in [0.25, 0.3) is 5.91 Å². The van der Waals surface area contributed by atoms with Crippen molar-refractivity contribution in [2.24, 2.45) is 5.92 Å². The summed E-state index contributed by atoms with van der Waals surface area (Å²) in [7, 11) is 0. The lowest BCUT2D eigenvalue weighted by atomic mass is 10.1. The van der Waals surface area contributed by atoms with Crippen LogP contribution in [0.25, 0.3) is 16.7 Å². The predicted octanol–water partition coefficient (Wildman–Crippen LogP) is 5.97. The Hall–Kier alpha value is -3.45. The Morgan fingerprint density at radius 3 is 2.58 bits per heavy atom. The smallest absolute Gasteiger partial charge is 0.253 e. The number of halogens is 1. The Morgan fingerprint density at radius 2 is 1.84 bits per heavy atom. The van der Waals surface area contributed by atoms with E-state index in [9.17, 15) is 4.79 Å². The second kappa shape index (κ2) is 11.5. The molecule has 7 nitrogen and oxygen atoms in total. The maximum absolute atomic E-state index is 13.3. The number of aryl methyl sites for hydroxylation is 2. The van der Waals surface area contributed by atoms with Crippen LogP contribution >= 0.6 is 11.6 Å². The van der Waals surface area contributed by atoms with E-state index in [1.807, 2.05) is 64.3 Å². The van der Waals surface area contributed by atoms with Crippen LogP contribution in [-0.4, -0.2) is 56.7 Å². The predicted molar refractivity (Wildman–Crippen MR) is 153 cm³/mol. The largest absolute Gasteiger partial charge is 0.354 e. The van der Waals surface area contributed by atoms with Gasteiger partial charge in [-0.25, -0.2) is 14.6 Å². The molecule has 0 atom stereocenters. The maximum Gasteiger partial charge on any atom is 0.253 e. The van der Waals surface area contributed by atoms with E-state index in [4.69, 9.17) is 21.6 Å². The molecule has 0 radical (unpaired) electrons. The van der Waals surface area contributed by atoms with Crippen LogP contribution in [0.4, 0.5) is 5.82 Å². The fourth-order valence-corrected chi connectivity index (χ4v) is 5.09. The molecule has 198 valence electrons. The van der Waals surface area contributed by atoms with Gasteiger partial charge in [-0.1, -0.05) is 50.6 Å². The van der Waals surface area contributed by atoms with Gasteiger partial charge in [0.15, 0.2) is 5.65 Å². The normalized spacial score (nSPS) is 14.3. The molecule has 1 saturated heterocycles. The van der Waals surface area contributed by atoms with E-state index in [-0.39, 0.29) is 5.91 Å². The summed E-state index contributed by atoms with van der Waals surface area (Å²) in [6.45, 7) is 9.44. The zero-order valence-electron chi connectivity index (χ0n) is 22.4. The number of rotatable bonds is 7. The van der Waals surface area contributed by atoms with Gasteiger partial charge < -0.3 is 9.80 Å². The molecule has 1 aliphatic rings. The number of fused-ring (bicyclic) bond motifs is 1. The lowest BCUT2D eigenvalue weighted by molar-refractivity contribution is 0.0767. The van der Waals surface area contributed by atoms with E-state index < -0.39 is 0 Å². The summed E-state index contributed by atoms with van der Waals surface area (Å²) in [5.74, 6) is 2.36. The molecule has 0 aliphatic carbocycles. The average Bonchev–Trinajstić information content (AvgIpc) is 3.20. The first-order valence-corrected chi connectivity index (χ1v) is 13.9. The average molecular weight is 531 g/mol. The van der Waals surface area contributed by atoms with Gasteiger partial charge in [0.1, 0.15) is 11.6 Å². The molecule has 0 saturated carbocycles. The summed E-state index contributed by atoms with van der Waals surface area (Å²) >= 11 is 6.28. The Labute approximate surface area is 229 Å². The number of hydrogen-bond donors (Lipinski definition) is 0. The van der Waals surface area contributed by atoms with Crippen molar-refractivity contribution in [2.45, 2.75) is 46.5 Å². The van der Waals surface area contributed by atoms with Crippen LogP contribution in [0.5, 0.6) is 0 Å². The zero-order valence-corrected chi connectivity index (χ0v) is 23.2. The molecule has 5 rings (SSSR count). The van der Waals surface area contributed by atoms with Crippen LogP contribution in [0.1, 0.15) is 55.4 Å². The number of anilines is 1. The third-order valence-electron chi connectivity index (χ3n) is 7.14. The number of nitrogens with zero attached hydrogens (tertiary/aromatic N) is 6. The summed E-state index contributed by atoms with van der Waals surface area (Å²) in [4.78, 5) is 27.5. The minimum atomic E-state index is 0.0914. The highest BCUT2D eigenvalue weighted by molar-refractivity contribution is 6.30. The number of hydrogen-bond acceptors (Lipinski definition) is 5. The van der Waals surface area contributed by atoms with Gasteiger partial charge in [0.05, 0.1) is 17.3 Å². The first-order valence-electron chi connectivity index (χ1n) is 13.6. The minimum Gasteiger partial charge on any atom is -0.354 e. The quantitative estimate of drug-likeness (QED) is 0.294. The molecule has 2 aromatic heterocycles. The van der Waals surface area contributed by atoms with E-state index in [0.29, 0.717) is 24.0 Å². The van der Waals surface area contributed by atoms with Gasteiger partial charge in [-0.2, -0.15) is 5.10 Å². The first kappa shape index (κ1) is 26.2. The van der Waals surface area contributed by atoms with Gasteiger partial charge >= 0.3 is 0 Å². The molecule has 0 N–H and O–H groups in total. The lowest BCUT2D eigenvalue weighted by Gasteiger charge is -2.24. The summed E-state index contributed by atoms with van der Waals surface area (Å²) < 4.78 is 1.85. The van der Waals surface area contributed by atoms with Gasteiger partial charge in [0, 0.05) is 43.2 Å². The monoisotopic (exact) mass is 530 g/mol. The number of carbonyl (C=O) groups excluding carboxylic acids is 1. The van der Waals surface area contributed by atoms with Crippen molar-refractivity contribution in [3.05, 3.63) is 76.7 Å². The van der Waals surface area contributed by atoms with Crippen molar-refractivity contribution in [1.82, 2.24) is 24.6 Å². The molecule has 38 heavy (non-hydrogen) atoms. The topological polar surface area (TPSA) is 67.2 Å². The maximum atomic E-state index is 13.3. The molecule has 3 heterocycles. The highest BCUT2D eigenvalue weighted by Gasteiger charge is 2.24. The van der Waals surface area contributed by atoms with E-state index in [1.165, 1.54) is 5.56 Å². The molecule has 1 amide bonds. The highest BCUT2D eigenvalue weighted by atomic mass is 35.5.